The summed E-state index contributed by atoms with van der Waals surface area (Å²) in [5.41, 5.74) is 0.359. The number of nitro benzene ring substituents is 1. The monoisotopic (exact) mass is 318 g/mol. The average molecular weight is 319 g/mol. The van der Waals surface area contributed by atoms with Gasteiger partial charge in [-0.25, -0.2) is 4.39 Å². The summed E-state index contributed by atoms with van der Waals surface area (Å²) in [5.74, 6) is -0.171. The van der Waals surface area contributed by atoms with Crippen molar-refractivity contribution in [2.75, 3.05) is 7.05 Å². The van der Waals surface area contributed by atoms with E-state index in [1.54, 1.807) is 7.05 Å². The van der Waals surface area contributed by atoms with Crippen molar-refractivity contribution in [1.29, 1.82) is 0 Å². The number of nitrogens with one attached hydrogen (secondary N) is 1. The molecule has 0 saturated heterocycles. The van der Waals surface area contributed by atoms with Crippen LogP contribution in [0.25, 0.3) is 0 Å². The Bertz CT molecular complexity index is 452. The van der Waals surface area contributed by atoms with Gasteiger partial charge >= 0.3 is 0 Å². The lowest BCUT2D eigenvalue weighted by Crippen LogP contribution is -2.33. The third-order valence-corrected chi connectivity index (χ3v) is 3.54. The molecule has 0 amide bonds. The summed E-state index contributed by atoms with van der Waals surface area (Å²) in [6.07, 6.45) is 0.425. The van der Waals surface area contributed by atoms with E-state index in [1.807, 2.05) is 13.8 Å². The van der Waals surface area contributed by atoms with E-state index >= 15 is 0 Å². The van der Waals surface area contributed by atoms with E-state index in [9.17, 15) is 14.5 Å². The van der Waals surface area contributed by atoms with Crippen molar-refractivity contribution in [3.8, 4) is 0 Å². The lowest BCUT2D eigenvalue weighted by atomic mass is 9.95. The highest BCUT2D eigenvalue weighted by molar-refractivity contribution is 9.10. The summed E-state index contributed by atoms with van der Waals surface area (Å²) >= 11 is 2.97. The van der Waals surface area contributed by atoms with Crippen molar-refractivity contribution in [3.05, 3.63) is 38.1 Å². The van der Waals surface area contributed by atoms with Gasteiger partial charge in [0.2, 0.25) is 0 Å². The molecule has 0 bridgehead atoms. The first-order chi connectivity index (χ1) is 8.36. The fourth-order valence-corrected chi connectivity index (χ4v) is 2.15. The zero-order valence-electron chi connectivity index (χ0n) is 10.5. The summed E-state index contributed by atoms with van der Waals surface area (Å²) in [6.45, 7) is 4.03. The van der Waals surface area contributed by atoms with Gasteiger partial charge in [-0.3, -0.25) is 10.1 Å². The largest absolute Gasteiger partial charge is 0.316 e. The molecular weight excluding hydrogens is 303 g/mol. The Kier molecular flexibility index (Phi) is 5.22. The maximum atomic E-state index is 13.5. The number of nitro groups is 1. The molecule has 0 saturated carbocycles. The van der Waals surface area contributed by atoms with Gasteiger partial charge in [0.05, 0.1) is 9.40 Å². The smallest absolute Gasteiger partial charge is 0.273 e. The molecule has 6 heteroatoms. The Balaban J connectivity index is 3.14. The normalized spacial score (nSPS) is 12.8. The van der Waals surface area contributed by atoms with E-state index in [0.29, 0.717) is 17.9 Å². The molecule has 1 aromatic carbocycles. The molecule has 1 aromatic rings. The van der Waals surface area contributed by atoms with Gasteiger partial charge in [0.25, 0.3) is 5.69 Å². The molecule has 4 nitrogen and oxygen atoms in total. The molecule has 0 aliphatic carbocycles. The first-order valence-corrected chi connectivity index (χ1v) is 6.45. The molecule has 0 fully saturated rings. The molecule has 18 heavy (non-hydrogen) atoms. The fraction of sp³-hybridized carbons (Fsp3) is 0.500. The van der Waals surface area contributed by atoms with Crippen LogP contribution >= 0.6 is 15.9 Å². The Labute approximate surface area is 114 Å². The van der Waals surface area contributed by atoms with Crippen LogP contribution in [-0.4, -0.2) is 18.0 Å². The first-order valence-electron chi connectivity index (χ1n) is 5.66. The number of rotatable bonds is 5. The second kappa shape index (κ2) is 6.24. The van der Waals surface area contributed by atoms with E-state index < -0.39 is 10.7 Å². The van der Waals surface area contributed by atoms with Crippen LogP contribution in [0.4, 0.5) is 10.1 Å². The third-order valence-electron chi connectivity index (χ3n) is 2.93. The lowest BCUT2D eigenvalue weighted by molar-refractivity contribution is -0.385. The maximum absolute atomic E-state index is 13.5. The molecule has 1 N–H and O–H groups in total. The number of benzene rings is 1. The molecule has 0 aliphatic heterocycles. The lowest BCUT2D eigenvalue weighted by Gasteiger charge is -2.20. The summed E-state index contributed by atoms with van der Waals surface area (Å²) < 4.78 is 13.6. The minimum absolute atomic E-state index is 0.0517. The molecule has 100 valence electrons. The molecule has 1 atom stereocenters. The van der Waals surface area contributed by atoms with E-state index in [1.165, 1.54) is 12.1 Å². The highest BCUT2D eigenvalue weighted by Gasteiger charge is 2.21. The molecule has 1 unspecified atom stereocenters. The van der Waals surface area contributed by atoms with Crippen molar-refractivity contribution in [1.82, 2.24) is 5.32 Å². The predicted octanol–water partition coefficient (Wildman–Crippen LogP) is 3.28. The first kappa shape index (κ1) is 15.0. The zero-order valence-corrected chi connectivity index (χ0v) is 12.1. The molecule has 0 aliphatic rings. The Morgan fingerprint density at radius 1 is 1.50 bits per heavy atom. The van der Waals surface area contributed by atoms with Crippen molar-refractivity contribution in [2.24, 2.45) is 5.92 Å². The summed E-state index contributed by atoms with van der Waals surface area (Å²) in [4.78, 5) is 10.5. The van der Waals surface area contributed by atoms with E-state index in [-0.39, 0.29) is 16.2 Å². The fourth-order valence-electron chi connectivity index (χ4n) is 1.82. The van der Waals surface area contributed by atoms with E-state index in [0.717, 1.165) is 0 Å². The van der Waals surface area contributed by atoms with Gasteiger partial charge in [-0.05, 0) is 41.4 Å². The number of likely N-dealkylation sites (N-methyl/N-ethyl adjacent to an activating group) is 1. The maximum Gasteiger partial charge on any atom is 0.273 e. The molecule has 0 radical (unpaired) electrons. The van der Waals surface area contributed by atoms with Crippen LogP contribution in [0.2, 0.25) is 0 Å². The number of hydrogen-bond acceptors (Lipinski definition) is 3. The number of halogens is 2. The minimum atomic E-state index is -0.480. The van der Waals surface area contributed by atoms with Crippen molar-refractivity contribution in [3.63, 3.8) is 0 Å². The van der Waals surface area contributed by atoms with E-state index in [4.69, 9.17) is 0 Å². The highest BCUT2D eigenvalue weighted by atomic mass is 79.9. The predicted molar refractivity (Wildman–Crippen MR) is 72.1 cm³/mol. The summed E-state index contributed by atoms with van der Waals surface area (Å²) in [7, 11) is 1.80. The minimum Gasteiger partial charge on any atom is -0.316 e. The van der Waals surface area contributed by atoms with Crippen molar-refractivity contribution >= 4 is 21.6 Å². The molecule has 0 heterocycles. The Morgan fingerprint density at radius 2 is 2.11 bits per heavy atom. The topological polar surface area (TPSA) is 55.2 Å². The standard InChI is InChI=1S/C12H16BrFN2O2/c1-7(2)11(15-3)5-8-4-10(14)9(13)6-12(8)16(17)18/h4,6-7,11,15H,5H2,1-3H3. The summed E-state index contributed by atoms with van der Waals surface area (Å²) in [5, 5.41) is 14.1. The molecular formula is C12H16BrFN2O2. The van der Waals surface area contributed by atoms with Gasteiger partial charge in [0, 0.05) is 17.7 Å². The Hall–Kier alpha value is -1.01. The number of hydrogen-bond donors (Lipinski definition) is 1. The van der Waals surface area contributed by atoms with Crippen LogP contribution < -0.4 is 5.32 Å². The third kappa shape index (κ3) is 3.49. The molecule has 0 aromatic heterocycles. The van der Waals surface area contributed by atoms with E-state index in [2.05, 4.69) is 21.2 Å². The van der Waals surface area contributed by atoms with Crippen LogP contribution in [0.15, 0.2) is 16.6 Å². The van der Waals surface area contributed by atoms with Gasteiger partial charge < -0.3 is 5.32 Å². The van der Waals surface area contributed by atoms with Gasteiger partial charge in [0.15, 0.2) is 0 Å². The van der Waals surface area contributed by atoms with Crippen LogP contribution in [0, 0.1) is 21.8 Å². The molecule has 1 rings (SSSR count). The highest BCUT2D eigenvalue weighted by Crippen LogP contribution is 2.28. The second-order valence-corrected chi connectivity index (χ2v) is 5.35. The van der Waals surface area contributed by atoms with Crippen LogP contribution in [-0.2, 0) is 6.42 Å². The van der Waals surface area contributed by atoms with Gasteiger partial charge in [0.1, 0.15) is 5.82 Å². The summed E-state index contributed by atoms with van der Waals surface area (Å²) in [6, 6.07) is 2.52. The van der Waals surface area contributed by atoms with Crippen LogP contribution in [0.3, 0.4) is 0 Å². The van der Waals surface area contributed by atoms with Crippen molar-refractivity contribution < 1.29 is 9.31 Å². The SMILES string of the molecule is CNC(Cc1cc(F)c(Br)cc1[N+](=O)[O-])C(C)C. The van der Waals surface area contributed by atoms with Crippen molar-refractivity contribution in [2.45, 2.75) is 26.3 Å². The second-order valence-electron chi connectivity index (χ2n) is 4.50. The van der Waals surface area contributed by atoms with Crippen LogP contribution in [0.1, 0.15) is 19.4 Å². The Morgan fingerprint density at radius 3 is 2.56 bits per heavy atom. The van der Waals surface area contributed by atoms with Gasteiger partial charge in [-0.15, -0.1) is 0 Å². The number of nitrogens with zero attached hydrogens (tertiary/aromatic N) is 1. The van der Waals surface area contributed by atoms with Crippen LogP contribution in [0.5, 0.6) is 0 Å². The quantitative estimate of drug-likeness (QED) is 0.669. The average Bonchev–Trinajstić information content (AvgIpc) is 2.29. The van der Waals surface area contributed by atoms with Gasteiger partial charge in [-0.2, -0.15) is 0 Å². The van der Waals surface area contributed by atoms with Gasteiger partial charge in [-0.1, -0.05) is 13.8 Å². The zero-order chi connectivity index (χ0) is 13.9. The molecule has 0 spiro atoms.